The van der Waals surface area contributed by atoms with Gasteiger partial charge in [-0.25, -0.2) is 0 Å². The van der Waals surface area contributed by atoms with E-state index in [0.29, 0.717) is 12.8 Å². The summed E-state index contributed by atoms with van der Waals surface area (Å²) in [7, 11) is 0. The first-order valence-electron chi connectivity index (χ1n) is 10.5. The van der Waals surface area contributed by atoms with Crippen molar-refractivity contribution >= 4 is 17.7 Å². The van der Waals surface area contributed by atoms with Crippen molar-refractivity contribution in [2.24, 2.45) is 5.73 Å². The molecule has 2 aromatic rings. The molecule has 0 saturated carbocycles. The van der Waals surface area contributed by atoms with E-state index in [-0.39, 0.29) is 30.0 Å². The molecule has 2 atom stereocenters. The number of nitrogens with one attached hydrogen (secondary N) is 3. The number of amides is 3. The first-order valence-corrected chi connectivity index (χ1v) is 10.5. The highest BCUT2D eigenvalue weighted by molar-refractivity contribution is 5.87. The second-order valence-electron chi connectivity index (χ2n) is 8.51. The van der Waals surface area contributed by atoms with Gasteiger partial charge in [0.2, 0.25) is 17.7 Å². The lowest BCUT2D eigenvalue weighted by Gasteiger charge is -2.30. The Balaban J connectivity index is 1.91. The van der Waals surface area contributed by atoms with Gasteiger partial charge >= 0.3 is 0 Å². The third-order valence-electron chi connectivity index (χ3n) is 4.87. The minimum Gasteiger partial charge on any atom is -0.508 e. The van der Waals surface area contributed by atoms with Gasteiger partial charge in [0.1, 0.15) is 11.8 Å². The summed E-state index contributed by atoms with van der Waals surface area (Å²) in [5, 5.41) is 17.7. The Labute approximate surface area is 188 Å². The predicted octanol–water partition coefficient (Wildman–Crippen LogP) is 1.02. The molecule has 2 aromatic carbocycles. The maximum absolute atomic E-state index is 12.9. The lowest BCUT2D eigenvalue weighted by Crippen LogP contribution is -2.58. The Morgan fingerprint density at radius 3 is 2.12 bits per heavy atom. The van der Waals surface area contributed by atoms with Crippen LogP contribution in [-0.4, -0.2) is 47.0 Å². The number of nitrogens with two attached hydrogens (primary N) is 1. The van der Waals surface area contributed by atoms with E-state index in [9.17, 15) is 19.5 Å². The van der Waals surface area contributed by atoms with E-state index < -0.39 is 17.6 Å². The van der Waals surface area contributed by atoms with Crippen LogP contribution in [0, 0.1) is 0 Å². The topological polar surface area (TPSA) is 134 Å². The Kier molecular flexibility index (Phi) is 8.78. The van der Waals surface area contributed by atoms with Crippen molar-refractivity contribution in [3.05, 3.63) is 65.7 Å². The van der Waals surface area contributed by atoms with E-state index in [0.717, 1.165) is 11.1 Å². The fourth-order valence-corrected chi connectivity index (χ4v) is 3.19. The van der Waals surface area contributed by atoms with Gasteiger partial charge in [-0.05, 0) is 43.5 Å². The zero-order valence-corrected chi connectivity index (χ0v) is 18.7. The van der Waals surface area contributed by atoms with E-state index in [4.69, 9.17) is 5.73 Å². The number of phenols is 1. The molecule has 0 spiro atoms. The first-order chi connectivity index (χ1) is 15.1. The second-order valence-corrected chi connectivity index (χ2v) is 8.51. The van der Waals surface area contributed by atoms with Crippen LogP contribution in [0.25, 0.3) is 0 Å². The second kappa shape index (κ2) is 11.3. The molecular weight excluding hydrogens is 408 g/mol. The van der Waals surface area contributed by atoms with Crippen LogP contribution >= 0.6 is 0 Å². The van der Waals surface area contributed by atoms with Crippen molar-refractivity contribution in [3.8, 4) is 5.75 Å². The lowest BCUT2D eigenvalue weighted by atomic mass is 10.0. The Morgan fingerprint density at radius 1 is 0.938 bits per heavy atom. The fraction of sp³-hybridized carbons (Fsp3) is 0.375. The van der Waals surface area contributed by atoms with Crippen LogP contribution in [0.5, 0.6) is 5.75 Å². The fourth-order valence-electron chi connectivity index (χ4n) is 3.19. The molecule has 32 heavy (non-hydrogen) atoms. The molecule has 8 nitrogen and oxygen atoms in total. The first kappa shape index (κ1) is 24.9. The van der Waals surface area contributed by atoms with Crippen LogP contribution in [-0.2, 0) is 27.2 Å². The standard InChI is InChI=1S/C24H32N4O4/c1-16(29)27-21(14-17-7-5-4-6-8-17)23(32)28-24(2,3)15-26-22(31)20(25)13-18-9-11-19(30)12-10-18/h4-12,20-21,30H,13-15,25H2,1-3H3,(H,26,31)(H,27,29)(H,28,32)/t20?,21-/m1/s1. The Hall–Kier alpha value is -3.39. The number of phenolic OH excluding ortho intramolecular Hbond substituents is 1. The highest BCUT2D eigenvalue weighted by Crippen LogP contribution is 2.11. The summed E-state index contributed by atoms with van der Waals surface area (Å²) in [6, 6.07) is 14.4. The van der Waals surface area contributed by atoms with Gasteiger partial charge in [-0.15, -0.1) is 0 Å². The SMILES string of the molecule is CC(=O)N[C@H](Cc1ccccc1)C(=O)NC(C)(C)CNC(=O)C(N)Cc1ccc(O)cc1. The molecule has 0 heterocycles. The molecule has 2 rings (SSSR count). The van der Waals surface area contributed by atoms with Crippen molar-refractivity contribution < 1.29 is 19.5 Å². The molecule has 1 unspecified atom stereocenters. The molecule has 0 aliphatic carbocycles. The molecule has 0 aromatic heterocycles. The molecule has 0 aliphatic heterocycles. The Morgan fingerprint density at radius 2 is 1.53 bits per heavy atom. The van der Waals surface area contributed by atoms with E-state index in [1.165, 1.54) is 6.92 Å². The van der Waals surface area contributed by atoms with Gasteiger partial charge in [0.05, 0.1) is 11.6 Å². The van der Waals surface area contributed by atoms with E-state index in [1.807, 2.05) is 30.3 Å². The molecule has 0 fully saturated rings. The summed E-state index contributed by atoms with van der Waals surface area (Å²) in [6.07, 6.45) is 0.673. The normalized spacial score (nSPS) is 13.0. The summed E-state index contributed by atoms with van der Waals surface area (Å²) < 4.78 is 0. The number of hydrogen-bond donors (Lipinski definition) is 5. The maximum atomic E-state index is 12.9. The summed E-state index contributed by atoms with van der Waals surface area (Å²) in [4.78, 5) is 36.9. The number of carbonyl (C=O) groups excluding carboxylic acids is 3. The number of rotatable bonds is 10. The smallest absolute Gasteiger partial charge is 0.243 e. The molecule has 0 bridgehead atoms. The largest absolute Gasteiger partial charge is 0.508 e. The van der Waals surface area contributed by atoms with Gasteiger partial charge in [-0.3, -0.25) is 14.4 Å². The molecule has 0 aliphatic rings. The molecule has 172 valence electrons. The lowest BCUT2D eigenvalue weighted by molar-refractivity contribution is -0.129. The van der Waals surface area contributed by atoms with E-state index >= 15 is 0 Å². The average molecular weight is 441 g/mol. The quantitative estimate of drug-likeness (QED) is 0.376. The molecule has 0 radical (unpaired) electrons. The van der Waals surface area contributed by atoms with E-state index in [2.05, 4.69) is 16.0 Å². The van der Waals surface area contributed by atoms with Gasteiger partial charge in [-0.1, -0.05) is 42.5 Å². The molecule has 0 saturated heterocycles. The third kappa shape index (κ3) is 8.39. The molecule has 8 heteroatoms. The van der Waals surface area contributed by atoms with Crippen molar-refractivity contribution in [1.29, 1.82) is 0 Å². The number of carbonyl (C=O) groups is 3. The van der Waals surface area contributed by atoms with Crippen LogP contribution in [0.2, 0.25) is 0 Å². The van der Waals surface area contributed by atoms with Crippen LogP contribution in [0.3, 0.4) is 0 Å². The van der Waals surface area contributed by atoms with Crippen LogP contribution < -0.4 is 21.7 Å². The van der Waals surface area contributed by atoms with Gasteiger partial charge in [-0.2, -0.15) is 0 Å². The summed E-state index contributed by atoms with van der Waals surface area (Å²) >= 11 is 0. The number of benzene rings is 2. The Bertz CT molecular complexity index is 913. The highest BCUT2D eigenvalue weighted by Gasteiger charge is 2.28. The summed E-state index contributed by atoms with van der Waals surface area (Å²) in [5.41, 5.74) is 6.99. The van der Waals surface area contributed by atoms with Gasteiger partial charge in [0, 0.05) is 19.9 Å². The zero-order chi connectivity index (χ0) is 23.7. The van der Waals surface area contributed by atoms with Crippen molar-refractivity contribution in [1.82, 2.24) is 16.0 Å². The number of hydrogen-bond acceptors (Lipinski definition) is 5. The number of aromatic hydroxyl groups is 1. The minimum absolute atomic E-state index is 0.147. The maximum Gasteiger partial charge on any atom is 0.243 e. The van der Waals surface area contributed by atoms with Crippen molar-refractivity contribution in [2.75, 3.05) is 6.54 Å². The van der Waals surface area contributed by atoms with Gasteiger partial charge in [0.25, 0.3) is 0 Å². The van der Waals surface area contributed by atoms with Crippen LogP contribution in [0.4, 0.5) is 0 Å². The molecule has 6 N–H and O–H groups in total. The van der Waals surface area contributed by atoms with Crippen LogP contribution in [0.1, 0.15) is 31.9 Å². The monoisotopic (exact) mass is 440 g/mol. The minimum atomic E-state index is -0.767. The van der Waals surface area contributed by atoms with Crippen LogP contribution in [0.15, 0.2) is 54.6 Å². The van der Waals surface area contributed by atoms with Crippen molar-refractivity contribution in [3.63, 3.8) is 0 Å². The van der Waals surface area contributed by atoms with Crippen molar-refractivity contribution in [2.45, 2.75) is 51.2 Å². The summed E-state index contributed by atoms with van der Waals surface area (Å²) in [5.74, 6) is -0.832. The molecule has 3 amide bonds. The van der Waals surface area contributed by atoms with Gasteiger partial charge in [0.15, 0.2) is 0 Å². The highest BCUT2D eigenvalue weighted by atomic mass is 16.3. The van der Waals surface area contributed by atoms with Gasteiger partial charge < -0.3 is 26.8 Å². The zero-order valence-electron chi connectivity index (χ0n) is 18.7. The third-order valence-corrected chi connectivity index (χ3v) is 4.87. The average Bonchev–Trinajstić information content (AvgIpc) is 2.73. The summed E-state index contributed by atoms with van der Waals surface area (Å²) in [6.45, 7) is 5.10. The predicted molar refractivity (Wildman–Crippen MR) is 123 cm³/mol. The van der Waals surface area contributed by atoms with E-state index in [1.54, 1.807) is 38.1 Å². The molecular formula is C24H32N4O4.